The Morgan fingerprint density at radius 2 is 1.73 bits per heavy atom. The highest BCUT2D eigenvalue weighted by Crippen LogP contribution is 2.24. The predicted octanol–water partition coefficient (Wildman–Crippen LogP) is 4.55. The van der Waals surface area contributed by atoms with Crippen LogP contribution in [0.1, 0.15) is 35.4 Å². The molecule has 2 aromatic carbocycles. The lowest BCUT2D eigenvalue weighted by Gasteiger charge is -2.26. The van der Waals surface area contributed by atoms with E-state index in [2.05, 4.69) is 5.32 Å². The monoisotopic (exact) mass is 422 g/mol. The fourth-order valence-corrected chi connectivity index (χ4v) is 4.07. The number of carbonyl (C=O) groups is 2. The largest absolute Gasteiger partial charge is 0.496 e. The van der Waals surface area contributed by atoms with Crippen LogP contribution in [0.4, 0.5) is 0 Å². The van der Waals surface area contributed by atoms with Crippen molar-refractivity contribution in [1.82, 2.24) is 10.2 Å². The number of carbonyl (C=O) groups excluding carboxylic acids is 2. The number of methoxy groups -OCH3 is 1. The number of nitrogens with zero attached hydrogens (tertiary/aromatic N) is 1. The Kier molecular flexibility index (Phi) is 7.63. The van der Waals surface area contributed by atoms with Crippen LogP contribution in [0.25, 0.3) is 0 Å². The van der Waals surface area contributed by atoms with Gasteiger partial charge in [-0.2, -0.15) is 0 Å². The molecule has 3 rings (SSSR count). The quantitative estimate of drug-likeness (QED) is 0.550. The third kappa shape index (κ3) is 5.94. The summed E-state index contributed by atoms with van der Waals surface area (Å²) >= 11 is 1.62. The lowest BCUT2D eigenvalue weighted by Crippen LogP contribution is -2.35. The van der Waals surface area contributed by atoms with Gasteiger partial charge in [0.25, 0.3) is 0 Å². The molecule has 1 heterocycles. The van der Waals surface area contributed by atoms with E-state index >= 15 is 0 Å². The summed E-state index contributed by atoms with van der Waals surface area (Å²) in [5.74, 6) is 0.561. The van der Waals surface area contributed by atoms with E-state index in [0.29, 0.717) is 13.1 Å². The molecule has 2 amide bonds. The molecule has 30 heavy (non-hydrogen) atoms. The van der Waals surface area contributed by atoms with Crippen LogP contribution >= 0.6 is 11.3 Å². The van der Waals surface area contributed by atoms with Gasteiger partial charge in [-0.05, 0) is 23.1 Å². The first-order valence-electron chi connectivity index (χ1n) is 9.81. The minimum Gasteiger partial charge on any atom is -0.496 e. The van der Waals surface area contributed by atoms with Gasteiger partial charge in [0, 0.05) is 23.9 Å². The highest BCUT2D eigenvalue weighted by atomic mass is 32.1. The molecule has 0 aliphatic heterocycles. The molecule has 0 aliphatic carbocycles. The summed E-state index contributed by atoms with van der Waals surface area (Å²) in [4.78, 5) is 28.1. The SMILES string of the molecule is COc1ccccc1CN(Cc1cccs1)C(=O)CC(NC(C)=O)c1ccccc1. The molecule has 0 spiro atoms. The van der Waals surface area contributed by atoms with Gasteiger partial charge in [0.2, 0.25) is 11.8 Å². The van der Waals surface area contributed by atoms with Crippen LogP contribution in [-0.2, 0) is 22.7 Å². The molecule has 156 valence electrons. The van der Waals surface area contributed by atoms with Crippen molar-refractivity contribution < 1.29 is 14.3 Å². The fourth-order valence-electron chi connectivity index (χ4n) is 3.35. The van der Waals surface area contributed by atoms with Crippen molar-refractivity contribution in [2.45, 2.75) is 32.5 Å². The Morgan fingerprint density at radius 1 is 1.00 bits per heavy atom. The van der Waals surface area contributed by atoms with Gasteiger partial charge in [-0.3, -0.25) is 9.59 Å². The average molecular weight is 423 g/mol. The smallest absolute Gasteiger partial charge is 0.225 e. The van der Waals surface area contributed by atoms with E-state index in [4.69, 9.17) is 4.74 Å². The van der Waals surface area contributed by atoms with Gasteiger partial charge in [-0.15, -0.1) is 11.3 Å². The van der Waals surface area contributed by atoms with E-state index in [-0.39, 0.29) is 24.3 Å². The summed E-state index contributed by atoms with van der Waals surface area (Å²) in [6, 6.07) is 20.9. The van der Waals surface area contributed by atoms with Crippen LogP contribution in [-0.4, -0.2) is 23.8 Å². The van der Waals surface area contributed by atoms with E-state index in [1.807, 2.05) is 77.0 Å². The summed E-state index contributed by atoms with van der Waals surface area (Å²) in [5.41, 5.74) is 1.86. The molecule has 5 nitrogen and oxygen atoms in total. The lowest BCUT2D eigenvalue weighted by molar-refractivity contribution is -0.133. The number of amides is 2. The highest BCUT2D eigenvalue weighted by molar-refractivity contribution is 7.09. The van der Waals surface area contributed by atoms with Crippen LogP contribution in [0.2, 0.25) is 0 Å². The first-order chi connectivity index (χ1) is 14.6. The Labute approximate surface area is 181 Å². The molecule has 1 N–H and O–H groups in total. The van der Waals surface area contributed by atoms with Crippen molar-refractivity contribution in [3.05, 3.63) is 88.1 Å². The molecule has 0 fully saturated rings. The Hall–Kier alpha value is -3.12. The Balaban J connectivity index is 1.83. The van der Waals surface area contributed by atoms with Gasteiger partial charge in [0.15, 0.2) is 0 Å². The second kappa shape index (κ2) is 10.6. The van der Waals surface area contributed by atoms with Crippen molar-refractivity contribution >= 4 is 23.2 Å². The van der Waals surface area contributed by atoms with E-state index in [9.17, 15) is 9.59 Å². The number of hydrogen-bond acceptors (Lipinski definition) is 4. The molecular formula is C24H26N2O3S. The van der Waals surface area contributed by atoms with Gasteiger partial charge in [0.1, 0.15) is 5.75 Å². The maximum absolute atomic E-state index is 13.4. The second-order valence-electron chi connectivity index (χ2n) is 7.01. The average Bonchev–Trinajstić information content (AvgIpc) is 3.26. The van der Waals surface area contributed by atoms with E-state index in [1.54, 1.807) is 18.4 Å². The Morgan fingerprint density at radius 3 is 2.40 bits per heavy atom. The minimum atomic E-state index is -0.375. The van der Waals surface area contributed by atoms with Gasteiger partial charge in [-0.25, -0.2) is 0 Å². The first kappa shape index (κ1) is 21.6. The molecule has 6 heteroatoms. The van der Waals surface area contributed by atoms with Crippen molar-refractivity contribution in [2.24, 2.45) is 0 Å². The normalized spacial score (nSPS) is 11.5. The topological polar surface area (TPSA) is 58.6 Å². The molecule has 0 radical (unpaired) electrons. The molecule has 1 unspecified atom stereocenters. The maximum atomic E-state index is 13.4. The number of rotatable bonds is 9. The molecular weight excluding hydrogens is 396 g/mol. The summed E-state index contributed by atoms with van der Waals surface area (Å²) in [6.07, 6.45) is 0.185. The first-order valence-corrected chi connectivity index (χ1v) is 10.7. The standard InChI is InChI=1S/C24H26N2O3S/c1-18(27)25-22(19-9-4-3-5-10-19)15-24(28)26(17-21-12-8-14-30-21)16-20-11-6-7-13-23(20)29-2/h3-14,22H,15-17H2,1-2H3,(H,25,27). The van der Waals surface area contributed by atoms with Gasteiger partial charge >= 0.3 is 0 Å². The number of hydrogen-bond donors (Lipinski definition) is 1. The van der Waals surface area contributed by atoms with Crippen molar-refractivity contribution in [2.75, 3.05) is 7.11 Å². The van der Waals surface area contributed by atoms with Gasteiger partial charge < -0.3 is 15.0 Å². The molecule has 0 aliphatic rings. The van der Waals surface area contributed by atoms with Crippen LogP contribution in [0.3, 0.4) is 0 Å². The summed E-state index contributed by atoms with van der Waals surface area (Å²) < 4.78 is 5.47. The molecule has 1 aromatic heterocycles. The Bertz CT molecular complexity index is 958. The second-order valence-corrected chi connectivity index (χ2v) is 8.04. The molecule has 0 saturated heterocycles. The van der Waals surface area contributed by atoms with Crippen LogP contribution < -0.4 is 10.1 Å². The molecule has 0 saturated carbocycles. The zero-order valence-corrected chi connectivity index (χ0v) is 18.0. The summed E-state index contributed by atoms with van der Waals surface area (Å²) in [5, 5.41) is 4.92. The number of nitrogens with one attached hydrogen (secondary N) is 1. The summed E-state index contributed by atoms with van der Waals surface area (Å²) in [7, 11) is 1.63. The van der Waals surface area contributed by atoms with Crippen molar-refractivity contribution in [3.8, 4) is 5.75 Å². The third-order valence-electron chi connectivity index (χ3n) is 4.79. The zero-order chi connectivity index (χ0) is 21.3. The van der Waals surface area contributed by atoms with Crippen LogP contribution in [0, 0.1) is 0 Å². The highest BCUT2D eigenvalue weighted by Gasteiger charge is 2.23. The van der Waals surface area contributed by atoms with Crippen molar-refractivity contribution in [1.29, 1.82) is 0 Å². The lowest BCUT2D eigenvalue weighted by atomic mass is 10.0. The number of ether oxygens (including phenoxy) is 1. The van der Waals surface area contributed by atoms with Crippen LogP contribution in [0.5, 0.6) is 5.75 Å². The summed E-state index contributed by atoms with van der Waals surface area (Å²) in [6.45, 7) is 2.41. The van der Waals surface area contributed by atoms with Crippen LogP contribution in [0.15, 0.2) is 72.1 Å². The molecule has 3 aromatic rings. The number of para-hydroxylation sites is 1. The fraction of sp³-hybridized carbons (Fsp3) is 0.250. The minimum absolute atomic E-state index is 0.0306. The zero-order valence-electron chi connectivity index (χ0n) is 17.2. The number of benzene rings is 2. The molecule has 0 bridgehead atoms. The third-order valence-corrected chi connectivity index (χ3v) is 5.65. The molecule has 1 atom stereocenters. The van der Waals surface area contributed by atoms with E-state index < -0.39 is 0 Å². The maximum Gasteiger partial charge on any atom is 0.225 e. The van der Waals surface area contributed by atoms with E-state index in [1.165, 1.54) is 6.92 Å². The van der Waals surface area contributed by atoms with Gasteiger partial charge in [-0.1, -0.05) is 54.6 Å². The van der Waals surface area contributed by atoms with Crippen molar-refractivity contribution in [3.63, 3.8) is 0 Å². The van der Waals surface area contributed by atoms with Gasteiger partial charge in [0.05, 0.1) is 26.1 Å². The number of thiophene rings is 1. The van der Waals surface area contributed by atoms with E-state index in [0.717, 1.165) is 21.8 Å². The predicted molar refractivity (Wildman–Crippen MR) is 119 cm³/mol.